The topological polar surface area (TPSA) is 115 Å². The molecule has 6 nitrogen and oxygen atoms in total. The van der Waals surface area contributed by atoms with Crippen molar-refractivity contribution in [1.82, 2.24) is 0 Å². The number of hydrogen-bond donors (Lipinski definition) is 4. The average Bonchev–Trinajstić information content (AvgIpc) is 2.56. The van der Waals surface area contributed by atoms with Crippen LogP contribution in [0.15, 0.2) is 60.7 Å². The fourth-order valence-corrected chi connectivity index (χ4v) is 2.13. The Morgan fingerprint density at radius 3 is 1.39 bits per heavy atom. The summed E-state index contributed by atoms with van der Waals surface area (Å²) in [6.07, 6.45) is 1.95. The van der Waals surface area contributed by atoms with Crippen molar-refractivity contribution < 1.29 is 30.0 Å². The Kier molecular flexibility index (Phi) is 4.49. The highest BCUT2D eigenvalue weighted by Gasteiger charge is 2.53. The first-order chi connectivity index (χ1) is 10.8. The smallest absolute Gasteiger partial charge is 0.348 e. The quantitative estimate of drug-likeness (QED) is 0.589. The Morgan fingerprint density at radius 2 is 1.09 bits per heavy atom. The van der Waals surface area contributed by atoms with Crippen LogP contribution >= 0.6 is 0 Å². The van der Waals surface area contributed by atoms with E-state index >= 15 is 0 Å². The molecule has 0 saturated carbocycles. The van der Waals surface area contributed by atoms with Crippen molar-refractivity contribution >= 4 is 11.9 Å². The molecule has 0 spiro atoms. The number of carbonyl (C=O) groups is 2. The zero-order valence-electron chi connectivity index (χ0n) is 11.9. The summed E-state index contributed by atoms with van der Waals surface area (Å²) < 4.78 is 0. The highest BCUT2D eigenvalue weighted by atomic mass is 16.4. The summed E-state index contributed by atoms with van der Waals surface area (Å²) >= 11 is 0. The molecule has 0 aliphatic heterocycles. The van der Waals surface area contributed by atoms with Gasteiger partial charge < -0.3 is 20.4 Å². The first-order valence-electron chi connectivity index (χ1n) is 6.62. The molecule has 0 heterocycles. The van der Waals surface area contributed by atoms with Gasteiger partial charge in [0, 0.05) is 0 Å². The van der Waals surface area contributed by atoms with Gasteiger partial charge in [0.15, 0.2) is 0 Å². The molecule has 2 radical (unpaired) electrons. The van der Waals surface area contributed by atoms with E-state index in [9.17, 15) is 19.8 Å². The zero-order valence-corrected chi connectivity index (χ0v) is 11.9. The van der Waals surface area contributed by atoms with Crippen LogP contribution in [0.5, 0.6) is 0 Å². The summed E-state index contributed by atoms with van der Waals surface area (Å²) in [4.78, 5) is 22.4. The van der Waals surface area contributed by atoms with E-state index in [0.29, 0.717) is 0 Å². The molecule has 0 atom stereocenters. The van der Waals surface area contributed by atoms with E-state index in [1.807, 2.05) is 6.42 Å². The highest BCUT2D eigenvalue weighted by Crippen LogP contribution is 2.36. The number of carboxylic acids is 2. The van der Waals surface area contributed by atoms with Crippen molar-refractivity contribution in [3.63, 3.8) is 0 Å². The molecule has 0 aromatic heterocycles. The lowest BCUT2D eigenvalue weighted by molar-refractivity contribution is -0.174. The van der Waals surface area contributed by atoms with Crippen LogP contribution in [0, 0.1) is 6.42 Å². The monoisotopic (exact) mass is 314 g/mol. The number of aliphatic carboxylic acids is 2. The lowest BCUT2D eigenvalue weighted by atomic mass is 9.77. The van der Waals surface area contributed by atoms with Gasteiger partial charge in [0.05, 0.1) is 6.42 Å². The van der Waals surface area contributed by atoms with Crippen LogP contribution in [-0.4, -0.2) is 38.0 Å². The lowest BCUT2D eigenvalue weighted by Gasteiger charge is -2.33. The van der Waals surface area contributed by atoms with Gasteiger partial charge in [0.2, 0.25) is 0 Å². The Morgan fingerprint density at radius 1 is 0.739 bits per heavy atom. The number of benzene rings is 2. The molecule has 0 unspecified atom stereocenters. The maximum Gasteiger partial charge on any atom is 0.348 e. The number of rotatable bonds is 6. The Bertz CT molecular complexity index is 642. The molecule has 2 aromatic rings. The van der Waals surface area contributed by atoms with Crippen molar-refractivity contribution in [2.24, 2.45) is 0 Å². The van der Waals surface area contributed by atoms with Crippen LogP contribution in [0.25, 0.3) is 0 Å². The maximum absolute atomic E-state index is 11.2. The standard InChI is InChI=1S/C17H14O6/c18-14(19)17(23,15(20)21)11-16(22,12-7-3-1-4-8-12)13-9-5-2-6-10-13/h1-10,22-23H,(H,18,19)(H,20,21). The molecule has 2 aromatic carbocycles. The van der Waals surface area contributed by atoms with Crippen LogP contribution < -0.4 is 0 Å². The SMILES string of the molecule is O=C(O)C(O)([C]C(O)(c1ccccc1)c1ccccc1)C(=O)O. The fourth-order valence-electron chi connectivity index (χ4n) is 2.13. The summed E-state index contributed by atoms with van der Waals surface area (Å²) in [6.45, 7) is 0. The van der Waals surface area contributed by atoms with E-state index in [0.717, 1.165) is 0 Å². The highest BCUT2D eigenvalue weighted by molar-refractivity contribution is 6.03. The fraction of sp³-hybridized carbons (Fsp3) is 0.118. The summed E-state index contributed by atoms with van der Waals surface area (Å²) in [5.41, 5.74) is -5.26. The summed E-state index contributed by atoms with van der Waals surface area (Å²) in [7, 11) is 0. The minimum absolute atomic E-state index is 0.173. The molecular weight excluding hydrogens is 300 g/mol. The zero-order chi connectivity index (χ0) is 17.1. The second-order valence-electron chi connectivity index (χ2n) is 4.89. The molecule has 0 amide bonds. The Hall–Kier alpha value is -2.70. The van der Waals surface area contributed by atoms with Crippen LogP contribution in [-0.2, 0) is 15.2 Å². The first kappa shape index (κ1) is 16.7. The predicted molar refractivity (Wildman–Crippen MR) is 79.3 cm³/mol. The molecule has 23 heavy (non-hydrogen) atoms. The Balaban J connectivity index is 2.60. The van der Waals surface area contributed by atoms with Gasteiger partial charge in [-0.2, -0.15) is 0 Å². The molecule has 6 heteroatoms. The van der Waals surface area contributed by atoms with Gasteiger partial charge in [-0.25, -0.2) is 9.59 Å². The van der Waals surface area contributed by atoms with Gasteiger partial charge in [-0.05, 0) is 11.1 Å². The number of carboxylic acid groups (broad SMARTS) is 2. The van der Waals surface area contributed by atoms with Crippen molar-refractivity contribution in [2.45, 2.75) is 11.2 Å². The number of hydrogen-bond acceptors (Lipinski definition) is 4. The molecule has 0 aliphatic rings. The molecule has 0 bridgehead atoms. The van der Waals surface area contributed by atoms with Crippen molar-refractivity contribution in [3.8, 4) is 0 Å². The average molecular weight is 314 g/mol. The minimum atomic E-state index is -3.37. The molecule has 118 valence electrons. The normalized spacial score (nSPS) is 11.9. The van der Waals surface area contributed by atoms with Crippen molar-refractivity contribution in [3.05, 3.63) is 78.2 Å². The maximum atomic E-state index is 11.2. The van der Waals surface area contributed by atoms with E-state index in [4.69, 9.17) is 10.2 Å². The van der Waals surface area contributed by atoms with Crippen molar-refractivity contribution in [1.29, 1.82) is 0 Å². The summed E-state index contributed by atoms with van der Waals surface area (Å²) in [6, 6.07) is 15.6. The largest absolute Gasteiger partial charge is 0.479 e. The third-order valence-corrected chi connectivity index (χ3v) is 3.36. The molecule has 0 fully saturated rings. The van der Waals surface area contributed by atoms with Gasteiger partial charge >= 0.3 is 11.9 Å². The second kappa shape index (κ2) is 6.20. The van der Waals surface area contributed by atoms with Gasteiger partial charge in [-0.15, -0.1) is 0 Å². The molecule has 0 aliphatic carbocycles. The predicted octanol–water partition coefficient (Wildman–Crippen LogP) is 0.904. The van der Waals surface area contributed by atoms with Gasteiger partial charge in [-0.1, -0.05) is 60.7 Å². The van der Waals surface area contributed by atoms with Crippen LogP contribution in [0.3, 0.4) is 0 Å². The molecular formula is C17H14O6. The van der Waals surface area contributed by atoms with Gasteiger partial charge in [-0.3, -0.25) is 0 Å². The van der Waals surface area contributed by atoms with Gasteiger partial charge in [0.25, 0.3) is 5.60 Å². The molecule has 4 N–H and O–H groups in total. The third kappa shape index (κ3) is 3.08. The third-order valence-electron chi connectivity index (χ3n) is 3.36. The molecule has 0 saturated heterocycles. The molecule has 2 rings (SSSR count). The van der Waals surface area contributed by atoms with Crippen LogP contribution in [0.2, 0.25) is 0 Å². The van der Waals surface area contributed by atoms with Crippen LogP contribution in [0.4, 0.5) is 0 Å². The lowest BCUT2D eigenvalue weighted by Crippen LogP contribution is -2.52. The van der Waals surface area contributed by atoms with E-state index in [1.165, 1.54) is 24.3 Å². The van der Waals surface area contributed by atoms with Gasteiger partial charge in [0.1, 0.15) is 5.60 Å². The minimum Gasteiger partial charge on any atom is -0.479 e. The second-order valence-corrected chi connectivity index (χ2v) is 4.89. The first-order valence-corrected chi connectivity index (χ1v) is 6.62. The Labute approximate surface area is 132 Å². The van der Waals surface area contributed by atoms with Crippen LogP contribution in [0.1, 0.15) is 11.1 Å². The number of aliphatic hydroxyl groups is 2. The summed E-state index contributed by atoms with van der Waals surface area (Å²) in [5, 5.41) is 39.1. The van der Waals surface area contributed by atoms with E-state index in [-0.39, 0.29) is 11.1 Å². The van der Waals surface area contributed by atoms with E-state index in [1.54, 1.807) is 36.4 Å². The van der Waals surface area contributed by atoms with E-state index < -0.39 is 23.1 Å². The van der Waals surface area contributed by atoms with Crippen molar-refractivity contribution in [2.75, 3.05) is 0 Å². The van der Waals surface area contributed by atoms with E-state index in [2.05, 4.69) is 0 Å². The summed E-state index contributed by atoms with van der Waals surface area (Å²) in [5.74, 6) is -4.09.